The number of fused-ring (bicyclic) bond motifs is 1. The SMILES string of the molecule is CC1C(=NO)C(=O)c2ccccc21. The van der Waals surface area contributed by atoms with Gasteiger partial charge in [-0.1, -0.05) is 36.3 Å². The molecule has 0 aliphatic heterocycles. The lowest BCUT2D eigenvalue weighted by molar-refractivity contribution is 0.106. The first-order chi connectivity index (χ1) is 6.25. The number of rotatable bonds is 0. The molecule has 1 N–H and O–H groups in total. The monoisotopic (exact) mass is 175 g/mol. The average Bonchev–Trinajstić information content (AvgIpc) is 2.41. The highest BCUT2D eigenvalue weighted by Crippen LogP contribution is 2.30. The molecule has 1 aromatic carbocycles. The summed E-state index contributed by atoms with van der Waals surface area (Å²) >= 11 is 0. The maximum atomic E-state index is 11.5. The number of Topliss-reactive ketones (excluding diaryl/α,β-unsaturated/α-hetero) is 1. The second kappa shape index (κ2) is 2.69. The molecule has 3 nitrogen and oxygen atoms in total. The van der Waals surface area contributed by atoms with Crippen molar-refractivity contribution < 1.29 is 10.0 Å². The highest BCUT2D eigenvalue weighted by Gasteiger charge is 2.33. The molecule has 1 atom stereocenters. The van der Waals surface area contributed by atoms with E-state index in [1.165, 1.54) is 0 Å². The topological polar surface area (TPSA) is 49.7 Å². The molecule has 3 heteroatoms. The van der Waals surface area contributed by atoms with Crippen LogP contribution in [0.25, 0.3) is 0 Å². The van der Waals surface area contributed by atoms with Gasteiger partial charge in [0.15, 0.2) is 0 Å². The zero-order valence-corrected chi connectivity index (χ0v) is 7.19. The third-order valence-electron chi connectivity index (χ3n) is 2.42. The van der Waals surface area contributed by atoms with Gasteiger partial charge < -0.3 is 5.21 Å². The molecule has 1 aromatic rings. The van der Waals surface area contributed by atoms with Gasteiger partial charge in [0.25, 0.3) is 0 Å². The molecule has 1 aliphatic carbocycles. The molecule has 0 saturated carbocycles. The quantitative estimate of drug-likeness (QED) is 0.483. The molecule has 0 amide bonds. The van der Waals surface area contributed by atoms with Gasteiger partial charge in [-0.15, -0.1) is 0 Å². The van der Waals surface area contributed by atoms with E-state index >= 15 is 0 Å². The van der Waals surface area contributed by atoms with Crippen LogP contribution in [0.4, 0.5) is 0 Å². The standard InChI is InChI=1S/C10H9NO2/c1-6-7-4-2-3-5-8(7)10(12)9(6)11-13/h2-6,13H,1H3. The van der Waals surface area contributed by atoms with Crippen LogP contribution in [0, 0.1) is 0 Å². The summed E-state index contributed by atoms with van der Waals surface area (Å²) in [7, 11) is 0. The fourth-order valence-electron chi connectivity index (χ4n) is 1.70. The van der Waals surface area contributed by atoms with E-state index in [9.17, 15) is 4.79 Å². The van der Waals surface area contributed by atoms with Gasteiger partial charge in [0.1, 0.15) is 5.71 Å². The fraction of sp³-hybridized carbons (Fsp3) is 0.200. The minimum atomic E-state index is -0.161. The second-order valence-corrected chi connectivity index (χ2v) is 3.12. The smallest absolute Gasteiger partial charge is 0.211 e. The van der Waals surface area contributed by atoms with E-state index in [1.54, 1.807) is 6.07 Å². The largest absolute Gasteiger partial charge is 0.411 e. The lowest BCUT2D eigenvalue weighted by Gasteiger charge is -2.00. The first-order valence-electron chi connectivity index (χ1n) is 4.11. The van der Waals surface area contributed by atoms with Gasteiger partial charge in [-0.2, -0.15) is 0 Å². The van der Waals surface area contributed by atoms with Crippen LogP contribution in [0.5, 0.6) is 0 Å². The first-order valence-corrected chi connectivity index (χ1v) is 4.11. The van der Waals surface area contributed by atoms with Gasteiger partial charge >= 0.3 is 0 Å². The molecule has 0 heterocycles. The van der Waals surface area contributed by atoms with Crippen molar-refractivity contribution in [1.29, 1.82) is 0 Å². The van der Waals surface area contributed by atoms with Gasteiger partial charge in [0, 0.05) is 11.5 Å². The zero-order chi connectivity index (χ0) is 9.42. The minimum Gasteiger partial charge on any atom is -0.411 e. The number of carbonyl (C=O) groups excluding carboxylic acids is 1. The summed E-state index contributed by atoms with van der Waals surface area (Å²) in [6, 6.07) is 7.33. The second-order valence-electron chi connectivity index (χ2n) is 3.12. The summed E-state index contributed by atoms with van der Waals surface area (Å²) in [5.41, 5.74) is 1.84. The molecule has 0 spiro atoms. The van der Waals surface area contributed by atoms with Gasteiger partial charge in [0.2, 0.25) is 5.78 Å². The van der Waals surface area contributed by atoms with Crippen molar-refractivity contribution in [1.82, 2.24) is 0 Å². The van der Waals surface area contributed by atoms with Gasteiger partial charge in [0.05, 0.1) is 0 Å². The predicted octanol–water partition coefficient (Wildman–Crippen LogP) is 1.82. The molecule has 1 unspecified atom stereocenters. The molecule has 0 aromatic heterocycles. The molecule has 0 radical (unpaired) electrons. The fourth-order valence-corrected chi connectivity index (χ4v) is 1.70. The van der Waals surface area contributed by atoms with Crippen molar-refractivity contribution in [3.63, 3.8) is 0 Å². The zero-order valence-electron chi connectivity index (χ0n) is 7.19. The van der Waals surface area contributed by atoms with Crippen LogP contribution in [0.2, 0.25) is 0 Å². The molecule has 1 aliphatic rings. The van der Waals surface area contributed by atoms with E-state index in [0.717, 1.165) is 5.56 Å². The Kier molecular flexibility index (Phi) is 1.65. The summed E-state index contributed by atoms with van der Waals surface area (Å²) in [5.74, 6) is -0.251. The number of nitrogens with zero attached hydrogens (tertiary/aromatic N) is 1. The molecule has 0 fully saturated rings. The average molecular weight is 175 g/mol. The summed E-state index contributed by atoms with van der Waals surface area (Å²) in [6.07, 6.45) is 0. The highest BCUT2D eigenvalue weighted by atomic mass is 16.4. The van der Waals surface area contributed by atoms with Crippen LogP contribution in [-0.4, -0.2) is 16.7 Å². The number of oxime groups is 1. The van der Waals surface area contributed by atoms with E-state index in [0.29, 0.717) is 5.56 Å². The molecule has 2 rings (SSSR count). The van der Waals surface area contributed by atoms with E-state index in [1.807, 2.05) is 25.1 Å². The van der Waals surface area contributed by atoms with Crippen LogP contribution in [0.1, 0.15) is 28.8 Å². The number of ketones is 1. The number of hydrogen-bond acceptors (Lipinski definition) is 3. The van der Waals surface area contributed by atoms with Gasteiger partial charge in [-0.3, -0.25) is 4.79 Å². The van der Waals surface area contributed by atoms with Crippen molar-refractivity contribution >= 4 is 11.5 Å². The van der Waals surface area contributed by atoms with Crippen LogP contribution in [0.3, 0.4) is 0 Å². The normalized spacial score (nSPS) is 23.6. The first kappa shape index (κ1) is 7.98. The van der Waals surface area contributed by atoms with Crippen LogP contribution >= 0.6 is 0 Å². The van der Waals surface area contributed by atoms with E-state index in [2.05, 4.69) is 5.16 Å². The van der Waals surface area contributed by atoms with E-state index in [4.69, 9.17) is 5.21 Å². The van der Waals surface area contributed by atoms with Crippen molar-refractivity contribution in [2.45, 2.75) is 12.8 Å². The summed E-state index contributed by atoms with van der Waals surface area (Å²) in [5, 5.41) is 11.7. The Morgan fingerprint density at radius 2 is 2.08 bits per heavy atom. The molecule has 66 valence electrons. The summed E-state index contributed by atoms with van der Waals surface area (Å²) in [4.78, 5) is 11.5. The molecule has 0 saturated heterocycles. The lowest BCUT2D eigenvalue weighted by Crippen LogP contribution is -2.10. The summed E-state index contributed by atoms with van der Waals surface area (Å²) < 4.78 is 0. The maximum Gasteiger partial charge on any atom is 0.211 e. The number of benzene rings is 1. The van der Waals surface area contributed by atoms with E-state index < -0.39 is 0 Å². The van der Waals surface area contributed by atoms with Crippen LogP contribution in [-0.2, 0) is 0 Å². The number of carbonyl (C=O) groups is 1. The van der Waals surface area contributed by atoms with Gasteiger partial charge in [-0.25, -0.2) is 0 Å². The Labute approximate surface area is 75.7 Å². The minimum absolute atomic E-state index is 0.0892. The van der Waals surface area contributed by atoms with Crippen molar-refractivity contribution in [2.24, 2.45) is 5.16 Å². The van der Waals surface area contributed by atoms with E-state index in [-0.39, 0.29) is 17.4 Å². The van der Waals surface area contributed by atoms with Crippen LogP contribution < -0.4 is 0 Å². The van der Waals surface area contributed by atoms with Crippen LogP contribution in [0.15, 0.2) is 29.4 Å². The summed E-state index contributed by atoms with van der Waals surface area (Å²) in [6.45, 7) is 1.86. The molecular weight excluding hydrogens is 166 g/mol. The van der Waals surface area contributed by atoms with Crippen molar-refractivity contribution in [3.05, 3.63) is 35.4 Å². The third kappa shape index (κ3) is 0.967. The Bertz CT molecular complexity index is 396. The Balaban J connectivity index is 2.64. The Hall–Kier alpha value is -1.64. The molecule has 13 heavy (non-hydrogen) atoms. The van der Waals surface area contributed by atoms with Crippen molar-refractivity contribution in [2.75, 3.05) is 0 Å². The maximum absolute atomic E-state index is 11.5. The molecular formula is C10H9NO2. The molecule has 0 bridgehead atoms. The van der Waals surface area contributed by atoms with Crippen molar-refractivity contribution in [3.8, 4) is 0 Å². The third-order valence-corrected chi connectivity index (χ3v) is 2.42. The number of hydrogen-bond donors (Lipinski definition) is 1. The lowest BCUT2D eigenvalue weighted by atomic mass is 10.0. The Morgan fingerprint density at radius 1 is 1.38 bits per heavy atom. The highest BCUT2D eigenvalue weighted by molar-refractivity contribution is 6.50. The predicted molar refractivity (Wildman–Crippen MR) is 48.4 cm³/mol. The Morgan fingerprint density at radius 3 is 2.69 bits per heavy atom. The van der Waals surface area contributed by atoms with Gasteiger partial charge in [-0.05, 0) is 5.56 Å².